The average Bonchev–Trinajstić information content (AvgIpc) is 2.59. The van der Waals surface area contributed by atoms with Crippen LogP contribution >= 0.6 is 0 Å². The lowest BCUT2D eigenvalue weighted by atomic mass is 9.85. The summed E-state index contributed by atoms with van der Waals surface area (Å²) in [6.07, 6.45) is 3.97. The fourth-order valence-electron chi connectivity index (χ4n) is 2.48. The molecule has 0 unspecified atom stereocenters. The normalized spacial score (nSPS) is 18.7. The highest BCUT2D eigenvalue weighted by Gasteiger charge is 2.18. The first-order valence-electron chi connectivity index (χ1n) is 8.05. The van der Waals surface area contributed by atoms with Gasteiger partial charge in [-0.25, -0.2) is 5.43 Å². The van der Waals surface area contributed by atoms with Gasteiger partial charge in [-0.1, -0.05) is 18.2 Å². The summed E-state index contributed by atoms with van der Waals surface area (Å²) in [5, 5.41) is 7.34. The van der Waals surface area contributed by atoms with Gasteiger partial charge in [-0.05, 0) is 62.4 Å². The molecule has 5 heteroatoms. The zero-order valence-corrected chi connectivity index (χ0v) is 14.6. The molecule has 1 atom stereocenters. The van der Waals surface area contributed by atoms with Crippen molar-refractivity contribution in [3.63, 3.8) is 0 Å². The Morgan fingerprint density at radius 1 is 1.38 bits per heavy atom. The van der Waals surface area contributed by atoms with Gasteiger partial charge in [0.1, 0.15) is 5.75 Å². The van der Waals surface area contributed by atoms with Gasteiger partial charge in [-0.2, -0.15) is 5.10 Å². The molecule has 128 valence electrons. The van der Waals surface area contributed by atoms with E-state index in [9.17, 15) is 4.79 Å². The molecule has 1 aromatic carbocycles. The smallest absolute Gasteiger partial charge is 0.259 e. The predicted molar refractivity (Wildman–Crippen MR) is 98.4 cm³/mol. The zero-order chi connectivity index (χ0) is 17.5. The molecule has 5 nitrogen and oxygen atoms in total. The van der Waals surface area contributed by atoms with Crippen molar-refractivity contribution in [2.45, 2.75) is 26.7 Å². The number of ether oxygens (including phenoxy) is 1. The van der Waals surface area contributed by atoms with Crippen molar-refractivity contribution in [1.29, 1.82) is 0 Å². The molecule has 0 fully saturated rings. The maximum Gasteiger partial charge on any atom is 0.259 e. The average molecular weight is 327 g/mol. The van der Waals surface area contributed by atoms with Crippen LogP contribution in [0.25, 0.3) is 0 Å². The van der Waals surface area contributed by atoms with Gasteiger partial charge in [-0.3, -0.25) is 4.79 Å². The summed E-state index contributed by atoms with van der Waals surface area (Å²) in [4.78, 5) is 12.0. The van der Waals surface area contributed by atoms with Crippen molar-refractivity contribution in [1.82, 2.24) is 5.43 Å². The molecule has 0 saturated carbocycles. The van der Waals surface area contributed by atoms with E-state index in [0.29, 0.717) is 5.92 Å². The molecule has 1 aliphatic rings. The van der Waals surface area contributed by atoms with Crippen LogP contribution < -0.4 is 15.5 Å². The minimum absolute atomic E-state index is 0.162. The van der Waals surface area contributed by atoms with Gasteiger partial charge in [0.2, 0.25) is 0 Å². The zero-order valence-electron chi connectivity index (χ0n) is 14.6. The Labute approximate surface area is 143 Å². The first kappa shape index (κ1) is 17.8. The SMILES string of the molecule is C=C(C)[C@H]1CC=C(C)/C(=N/NC(=O)CNc2ccc(OC)cc2)C1. The van der Waals surface area contributed by atoms with Crippen LogP contribution in [0.5, 0.6) is 5.75 Å². The van der Waals surface area contributed by atoms with Crippen LogP contribution in [-0.2, 0) is 4.79 Å². The number of rotatable bonds is 6. The van der Waals surface area contributed by atoms with Crippen LogP contribution in [0, 0.1) is 5.92 Å². The van der Waals surface area contributed by atoms with Crippen molar-refractivity contribution < 1.29 is 9.53 Å². The molecule has 24 heavy (non-hydrogen) atoms. The minimum atomic E-state index is -0.177. The molecule has 0 saturated heterocycles. The lowest BCUT2D eigenvalue weighted by Gasteiger charge is -2.22. The topological polar surface area (TPSA) is 62.7 Å². The number of nitrogens with one attached hydrogen (secondary N) is 2. The summed E-state index contributed by atoms with van der Waals surface area (Å²) >= 11 is 0. The van der Waals surface area contributed by atoms with Gasteiger partial charge in [-0.15, -0.1) is 0 Å². The van der Waals surface area contributed by atoms with Gasteiger partial charge in [0, 0.05) is 5.69 Å². The second kappa shape index (κ2) is 8.34. The number of methoxy groups -OCH3 is 1. The molecule has 1 aliphatic carbocycles. The van der Waals surface area contributed by atoms with Crippen LogP contribution in [0.2, 0.25) is 0 Å². The van der Waals surface area contributed by atoms with Crippen LogP contribution in [0.4, 0.5) is 5.69 Å². The molecular formula is C19H25N3O2. The highest BCUT2D eigenvalue weighted by Crippen LogP contribution is 2.26. The van der Waals surface area contributed by atoms with Crippen molar-refractivity contribution in [2.24, 2.45) is 11.0 Å². The van der Waals surface area contributed by atoms with E-state index in [1.807, 2.05) is 38.1 Å². The number of anilines is 1. The first-order chi connectivity index (χ1) is 11.5. The Balaban J connectivity index is 1.86. The molecule has 1 aromatic rings. The van der Waals surface area contributed by atoms with Crippen LogP contribution in [0.3, 0.4) is 0 Å². The second-order valence-corrected chi connectivity index (χ2v) is 6.05. The quantitative estimate of drug-likeness (QED) is 0.621. The van der Waals surface area contributed by atoms with Crippen molar-refractivity contribution in [2.75, 3.05) is 19.0 Å². The largest absolute Gasteiger partial charge is 0.497 e. The standard InChI is InChI=1S/C19H25N3O2/c1-13(2)15-6-5-14(3)18(11-15)21-22-19(23)12-20-16-7-9-17(24-4)10-8-16/h5,7-10,15,20H,1,6,11-12H2,2-4H3,(H,22,23)/b21-18+/t15-/m0/s1. The summed E-state index contributed by atoms with van der Waals surface area (Å²) in [6.45, 7) is 8.24. The first-order valence-corrected chi connectivity index (χ1v) is 8.05. The number of benzene rings is 1. The number of carbonyl (C=O) groups is 1. The molecule has 0 heterocycles. The number of allylic oxidation sites excluding steroid dienone is 3. The molecule has 0 aromatic heterocycles. The molecule has 0 aliphatic heterocycles. The van der Waals surface area contributed by atoms with Gasteiger partial charge in [0.15, 0.2) is 0 Å². The summed E-state index contributed by atoms with van der Waals surface area (Å²) in [5.74, 6) is 1.01. The van der Waals surface area contributed by atoms with Gasteiger partial charge in [0.25, 0.3) is 5.91 Å². The Hall–Kier alpha value is -2.56. The molecule has 0 spiro atoms. The summed E-state index contributed by atoms with van der Waals surface area (Å²) in [6, 6.07) is 7.41. The van der Waals surface area contributed by atoms with Crippen LogP contribution in [0.1, 0.15) is 26.7 Å². The van der Waals surface area contributed by atoms with E-state index in [2.05, 4.69) is 28.5 Å². The van der Waals surface area contributed by atoms with E-state index in [0.717, 1.165) is 41.1 Å². The van der Waals surface area contributed by atoms with E-state index >= 15 is 0 Å². The number of nitrogens with zero attached hydrogens (tertiary/aromatic N) is 1. The molecular weight excluding hydrogens is 302 g/mol. The lowest BCUT2D eigenvalue weighted by molar-refractivity contribution is -0.119. The molecule has 2 N–H and O–H groups in total. The Kier molecular flexibility index (Phi) is 6.18. The third-order valence-corrected chi connectivity index (χ3v) is 4.16. The summed E-state index contributed by atoms with van der Waals surface area (Å²) in [7, 11) is 1.62. The summed E-state index contributed by atoms with van der Waals surface area (Å²) < 4.78 is 5.10. The van der Waals surface area contributed by atoms with Crippen LogP contribution in [-0.4, -0.2) is 25.3 Å². The number of carbonyl (C=O) groups excluding carboxylic acids is 1. The number of amides is 1. The monoisotopic (exact) mass is 327 g/mol. The van der Waals surface area contributed by atoms with E-state index in [1.165, 1.54) is 0 Å². The van der Waals surface area contributed by atoms with Crippen molar-refractivity contribution in [3.8, 4) is 5.75 Å². The van der Waals surface area contributed by atoms with Gasteiger partial charge >= 0.3 is 0 Å². The Bertz CT molecular complexity index is 660. The van der Waals surface area contributed by atoms with Crippen LogP contribution in [0.15, 0.2) is 53.2 Å². The molecule has 1 amide bonds. The maximum atomic E-state index is 12.0. The fraction of sp³-hybridized carbons (Fsp3) is 0.368. The molecule has 0 radical (unpaired) electrons. The highest BCUT2D eigenvalue weighted by molar-refractivity contribution is 6.01. The number of hydrogen-bond acceptors (Lipinski definition) is 4. The molecule has 2 rings (SSSR count). The number of hydrogen-bond donors (Lipinski definition) is 2. The lowest BCUT2D eigenvalue weighted by Crippen LogP contribution is -2.28. The number of hydrazone groups is 1. The minimum Gasteiger partial charge on any atom is -0.497 e. The highest BCUT2D eigenvalue weighted by atomic mass is 16.5. The third kappa shape index (κ3) is 4.98. The predicted octanol–water partition coefficient (Wildman–Crippen LogP) is 3.51. The van der Waals surface area contributed by atoms with E-state index < -0.39 is 0 Å². The maximum absolute atomic E-state index is 12.0. The van der Waals surface area contributed by atoms with E-state index in [4.69, 9.17) is 4.74 Å². The van der Waals surface area contributed by atoms with E-state index in [-0.39, 0.29) is 12.5 Å². The van der Waals surface area contributed by atoms with E-state index in [1.54, 1.807) is 7.11 Å². The van der Waals surface area contributed by atoms with Gasteiger partial charge in [0.05, 0.1) is 19.4 Å². The summed E-state index contributed by atoms with van der Waals surface area (Å²) in [5.41, 5.74) is 6.68. The second-order valence-electron chi connectivity index (χ2n) is 6.05. The van der Waals surface area contributed by atoms with Crippen molar-refractivity contribution >= 4 is 17.3 Å². The van der Waals surface area contributed by atoms with Crippen molar-refractivity contribution in [3.05, 3.63) is 48.1 Å². The Morgan fingerprint density at radius 2 is 2.08 bits per heavy atom. The van der Waals surface area contributed by atoms with Gasteiger partial charge < -0.3 is 10.1 Å². The molecule has 0 bridgehead atoms. The Morgan fingerprint density at radius 3 is 2.71 bits per heavy atom. The fourth-order valence-corrected chi connectivity index (χ4v) is 2.48. The third-order valence-electron chi connectivity index (χ3n) is 4.16.